The maximum atomic E-state index is 11.6. The summed E-state index contributed by atoms with van der Waals surface area (Å²) >= 11 is 6.40. The van der Waals surface area contributed by atoms with Crippen LogP contribution in [0.1, 0.15) is 35.4 Å². The summed E-state index contributed by atoms with van der Waals surface area (Å²) < 4.78 is 1.52. The first kappa shape index (κ1) is 17.4. The van der Waals surface area contributed by atoms with E-state index in [4.69, 9.17) is 11.6 Å². The minimum Gasteiger partial charge on any atom is -0.395 e. The van der Waals surface area contributed by atoms with Crippen LogP contribution in [0.4, 0.5) is 0 Å². The van der Waals surface area contributed by atoms with Crippen molar-refractivity contribution in [3.8, 4) is 5.82 Å². The maximum Gasteiger partial charge on any atom is 0.253 e. The number of aliphatic hydroxyl groups excluding tert-OH is 1. The van der Waals surface area contributed by atoms with Gasteiger partial charge in [-0.25, -0.2) is 9.67 Å². The van der Waals surface area contributed by atoms with Crippen molar-refractivity contribution in [2.75, 3.05) is 6.61 Å². The van der Waals surface area contributed by atoms with Gasteiger partial charge >= 0.3 is 0 Å². The third-order valence-corrected chi connectivity index (χ3v) is 4.44. The van der Waals surface area contributed by atoms with Crippen LogP contribution in [-0.2, 0) is 6.42 Å². The molecule has 2 aromatic heterocycles. The fourth-order valence-corrected chi connectivity index (χ4v) is 3.11. The van der Waals surface area contributed by atoms with Crippen LogP contribution in [0.25, 0.3) is 5.82 Å². The SMILES string of the molecule is CCc1ccc(C(CO)c2cnn(-c3cc(=O)[nH]c(C)n3)c2)c(Cl)c1. The largest absolute Gasteiger partial charge is 0.395 e. The second-order valence-electron chi connectivity index (χ2n) is 5.85. The molecule has 0 saturated carbocycles. The van der Waals surface area contributed by atoms with Crippen LogP contribution in [0, 0.1) is 6.92 Å². The topological polar surface area (TPSA) is 83.8 Å². The van der Waals surface area contributed by atoms with Gasteiger partial charge in [-0.3, -0.25) is 4.79 Å². The molecule has 0 aliphatic rings. The van der Waals surface area contributed by atoms with Crippen LogP contribution in [-0.4, -0.2) is 31.5 Å². The van der Waals surface area contributed by atoms with Gasteiger partial charge in [0.2, 0.25) is 0 Å². The van der Waals surface area contributed by atoms with E-state index in [0.717, 1.165) is 23.1 Å². The Balaban J connectivity index is 1.98. The van der Waals surface area contributed by atoms with Crippen molar-refractivity contribution in [3.63, 3.8) is 0 Å². The Kier molecular flexibility index (Phi) is 5.01. The van der Waals surface area contributed by atoms with E-state index in [0.29, 0.717) is 16.7 Å². The van der Waals surface area contributed by atoms with Gasteiger partial charge in [0.1, 0.15) is 5.82 Å². The summed E-state index contributed by atoms with van der Waals surface area (Å²) in [4.78, 5) is 18.5. The monoisotopic (exact) mass is 358 g/mol. The molecule has 0 amide bonds. The van der Waals surface area contributed by atoms with E-state index in [9.17, 15) is 9.90 Å². The van der Waals surface area contributed by atoms with Gasteiger partial charge in [-0.1, -0.05) is 30.7 Å². The zero-order chi connectivity index (χ0) is 18.0. The lowest BCUT2D eigenvalue weighted by molar-refractivity contribution is 0.280. The van der Waals surface area contributed by atoms with E-state index < -0.39 is 0 Å². The third-order valence-electron chi connectivity index (χ3n) is 4.12. The van der Waals surface area contributed by atoms with Crippen LogP contribution in [0.15, 0.2) is 41.5 Å². The lowest BCUT2D eigenvalue weighted by Crippen LogP contribution is -2.12. The molecule has 0 aliphatic carbocycles. The number of aliphatic hydroxyl groups is 1. The molecule has 1 aromatic carbocycles. The highest BCUT2D eigenvalue weighted by Gasteiger charge is 2.19. The smallest absolute Gasteiger partial charge is 0.253 e. The molecule has 0 aliphatic heterocycles. The van der Waals surface area contributed by atoms with Gasteiger partial charge < -0.3 is 10.1 Å². The van der Waals surface area contributed by atoms with Crippen molar-refractivity contribution >= 4 is 11.6 Å². The number of hydrogen-bond acceptors (Lipinski definition) is 4. The lowest BCUT2D eigenvalue weighted by atomic mass is 9.93. The van der Waals surface area contributed by atoms with Crippen molar-refractivity contribution < 1.29 is 5.11 Å². The average Bonchev–Trinajstić information content (AvgIpc) is 3.06. The highest BCUT2D eigenvalue weighted by molar-refractivity contribution is 6.31. The van der Waals surface area contributed by atoms with E-state index in [1.807, 2.05) is 18.2 Å². The number of nitrogens with one attached hydrogen (secondary N) is 1. The number of halogens is 1. The molecule has 2 N–H and O–H groups in total. The molecular weight excluding hydrogens is 340 g/mol. The van der Waals surface area contributed by atoms with E-state index in [2.05, 4.69) is 22.0 Å². The van der Waals surface area contributed by atoms with Gasteiger partial charge in [0.25, 0.3) is 5.56 Å². The molecule has 1 unspecified atom stereocenters. The number of aromatic nitrogens is 4. The first-order chi connectivity index (χ1) is 12.0. The van der Waals surface area contributed by atoms with E-state index in [1.54, 1.807) is 19.3 Å². The lowest BCUT2D eigenvalue weighted by Gasteiger charge is -2.15. The zero-order valence-electron chi connectivity index (χ0n) is 14.0. The molecule has 3 aromatic rings. The molecule has 2 heterocycles. The Morgan fingerprint density at radius 1 is 1.36 bits per heavy atom. The number of aryl methyl sites for hydroxylation is 2. The van der Waals surface area contributed by atoms with Crippen molar-refractivity contribution in [2.24, 2.45) is 0 Å². The van der Waals surface area contributed by atoms with Crippen LogP contribution in [0.5, 0.6) is 0 Å². The van der Waals surface area contributed by atoms with E-state index >= 15 is 0 Å². The normalized spacial score (nSPS) is 12.3. The second-order valence-corrected chi connectivity index (χ2v) is 6.26. The number of H-pyrrole nitrogens is 1. The molecule has 130 valence electrons. The van der Waals surface area contributed by atoms with Crippen LogP contribution >= 0.6 is 11.6 Å². The van der Waals surface area contributed by atoms with Crippen molar-refractivity contribution in [1.82, 2.24) is 19.7 Å². The summed E-state index contributed by atoms with van der Waals surface area (Å²) in [6, 6.07) is 7.25. The summed E-state index contributed by atoms with van der Waals surface area (Å²) in [6.07, 6.45) is 4.31. The summed E-state index contributed by atoms with van der Waals surface area (Å²) in [5.41, 5.74) is 2.55. The van der Waals surface area contributed by atoms with Crippen LogP contribution in [0.2, 0.25) is 5.02 Å². The van der Waals surface area contributed by atoms with Gasteiger partial charge in [-0.05, 0) is 30.5 Å². The molecule has 0 radical (unpaired) electrons. The Morgan fingerprint density at radius 2 is 2.16 bits per heavy atom. The molecule has 25 heavy (non-hydrogen) atoms. The number of benzene rings is 1. The number of hydrogen-bond donors (Lipinski definition) is 2. The molecule has 7 heteroatoms. The molecular formula is C18H19ClN4O2. The number of rotatable bonds is 5. The minimum absolute atomic E-state index is 0.0985. The highest BCUT2D eigenvalue weighted by atomic mass is 35.5. The first-order valence-corrected chi connectivity index (χ1v) is 8.41. The van der Waals surface area contributed by atoms with E-state index in [1.165, 1.54) is 10.7 Å². The molecule has 3 rings (SSSR count). The number of nitrogens with zero attached hydrogens (tertiary/aromatic N) is 3. The maximum absolute atomic E-state index is 11.6. The van der Waals surface area contributed by atoms with Gasteiger partial charge in [0.15, 0.2) is 5.82 Å². The van der Waals surface area contributed by atoms with Crippen molar-refractivity contribution in [1.29, 1.82) is 0 Å². The molecule has 0 saturated heterocycles. The quantitative estimate of drug-likeness (QED) is 0.734. The molecule has 0 fully saturated rings. The van der Waals surface area contributed by atoms with E-state index in [-0.39, 0.29) is 18.1 Å². The Morgan fingerprint density at radius 3 is 2.80 bits per heavy atom. The highest BCUT2D eigenvalue weighted by Crippen LogP contribution is 2.31. The van der Waals surface area contributed by atoms with Gasteiger partial charge in [-0.2, -0.15) is 5.10 Å². The predicted octanol–water partition coefficient (Wildman–Crippen LogP) is 2.60. The third kappa shape index (κ3) is 3.65. The summed E-state index contributed by atoms with van der Waals surface area (Å²) in [7, 11) is 0. The fourth-order valence-electron chi connectivity index (χ4n) is 2.78. The summed E-state index contributed by atoms with van der Waals surface area (Å²) in [5, 5.41) is 14.8. The van der Waals surface area contributed by atoms with Gasteiger partial charge in [-0.15, -0.1) is 0 Å². The molecule has 0 bridgehead atoms. The molecule has 6 nitrogen and oxygen atoms in total. The average molecular weight is 359 g/mol. The number of aromatic amines is 1. The second kappa shape index (κ2) is 7.21. The Bertz CT molecular complexity index is 948. The van der Waals surface area contributed by atoms with Gasteiger partial charge in [0.05, 0.1) is 12.8 Å². The minimum atomic E-state index is -0.296. The Hall–Kier alpha value is -2.44. The Labute approximate surface area is 150 Å². The first-order valence-electron chi connectivity index (χ1n) is 8.04. The fraction of sp³-hybridized carbons (Fsp3) is 0.278. The van der Waals surface area contributed by atoms with Crippen LogP contribution in [0.3, 0.4) is 0 Å². The van der Waals surface area contributed by atoms with Crippen molar-refractivity contribution in [2.45, 2.75) is 26.2 Å². The standard InChI is InChI=1S/C18H19ClN4O2/c1-3-12-4-5-14(16(19)6-12)15(10-24)13-8-20-23(9-13)17-7-18(25)22-11(2)21-17/h4-9,15,24H,3,10H2,1-2H3,(H,21,22,25). The summed E-state index contributed by atoms with van der Waals surface area (Å²) in [5.74, 6) is 0.642. The molecule has 0 spiro atoms. The molecule has 1 atom stereocenters. The van der Waals surface area contributed by atoms with Crippen LogP contribution < -0.4 is 5.56 Å². The predicted molar refractivity (Wildman–Crippen MR) is 96.5 cm³/mol. The van der Waals surface area contributed by atoms with Crippen molar-refractivity contribution in [3.05, 3.63) is 74.6 Å². The zero-order valence-corrected chi connectivity index (χ0v) is 14.8. The summed E-state index contributed by atoms with van der Waals surface area (Å²) in [6.45, 7) is 3.68. The van der Waals surface area contributed by atoms with Gasteiger partial charge in [0, 0.05) is 28.8 Å².